The minimum Gasteiger partial charge on any atom is -0.354 e. The Morgan fingerprint density at radius 2 is 1.53 bits per heavy atom. The van der Waals surface area contributed by atoms with Crippen molar-refractivity contribution in [2.75, 3.05) is 0 Å². The van der Waals surface area contributed by atoms with Gasteiger partial charge in [-0.2, -0.15) is 0 Å². The van der Waals surface area contributed by atoms with Crippen molar-refractivity contribution in [2.45, 2.75) is 39.7 Å². The smallest absolute Gasteiger partial charge is 0.197 e. The van der Waals surface area contributed by atoms with Crippen molar-refractivity contribution < 1.29 is 0 Å². The molecular formula is C26H24N2O2. The van der Waals surface area contributed by atoms with Crippen molar-refractivity contribution >= 4 is 43.6 Å². The van der Waals surface area contributed by atoms with Gasteiger partial charge in [0.2, 0.25) is 0 Å². The summed E-state index contributed by atoms with van der Waals surface area (Å²) in [6, 6.07) is 17.5. The van der Waals surface area contributed by atoms with E-state index in [9.17, 15) is 9.59 Å². The first kappa shape index (κ1) is 18.6. The number of aryl methyl sites for hydroxylation is 2. The Morgan fingerprint density at radius 1 is 0.767 bits per heavy atom. The molecule has 150 valence electrons. The summed E-state index contributed by atoms with van der Waals surface area (Å²) in [5.74, 6) is 0. The second-order valence-electron chi connectivity index (χ2n) is 7.95. The maximum atomic E-state index is 13.5. The predicted octanol–water partition coefficient (Wildman–Crippen LogP) is 5.51. The zero-order valence-corrected chi connectivity index (χ0v) is 17.3. The van der Waals surface area contributed by atoms with Crippen LogP contribution >= 0.6 is 0 Å². The molecule has 0 bridgehead atoms. The molecule has 0 atom stereocenters. The largest absolute Gasteiger partial charge is 0.354 e. The molecule has 3 aromatic carbocycles. The summed E-state index contributed by atoms with van der Waals surface area (Å²) in [5, 5.41) is 2.70. The van der Waals surface area contributed by atoms with Crippen LogP contribution in [0, 0.1) is 0 Å². The number of para-hydroxylation sites is 1. The lowest BCUT2D eigenvalue weighted by Gasteiger charge is -2.16. The van der Waals surface area contributed by atoms with Crippen molar-refractivity contribution in [3.05, 3.63) is 80.6 Å². The minimum absolute atomic E-state index is 0.00262. The van der Waals surface area contributed by atoms with E-state index >= 15 is 0 Å². The van der Waals surface area contributed by atoms with E-state index in [1.807, 2.05) is 42.5 Å². The summed E-state index contributed by atoms with van der Waals surface area (Å²) < 4.78 is 2.21. The lowest BCUT2D eigenvalue weighted by atomic mass is 10.0. The lowest BCUT2D eigenvalue weighted by Crippen LogP contribution is -2.13. The molecule has 5 rings (SSSR count). The van der Waals surface area contributed by atoms with Gasteiger partial charge in [-0.1, -0.05) is 38.5 Å². The van der Waals surface area contributed by atoms with E-state index in [1.165, 1.54) is 0 Å². The summed E-state index contributed by atoms with van der Waals surface area (Å²) in [4.78, 5) is 30.0. The highest BCUT2D eigenvalue weighted by atomic mass is 16.1. The van der Waals surface area contributed by atoms with Crippen LogP contribution in [0.3, 0.4) is 0 Å². The van der Waals surface area contributed by atoms with E-state index in [0.29, 0.717) is 21.7 Å². The molecule has 0 aliphatic heterocycles. The summed E-state index contributed by atoms with van der Waals surface area (Å²) in [6.45, 7) is 5.07. The first-order valence-corrected chi connectivity index (χ1v) is 10.7. The quantitative estimate of drug-likeness (QED) is 0.407. The Hall–Kier alpha value is -3.40. The molecule has 0 spiro atoms. The highest BCUT2D eigenvalue weighted by Crippen LogP contribution is 2.25. The number of nitrogens with one attached hydrogen (secondary N) is 1. The number of aromatic nitrogens is 2. The SMILES string of the molecule is CCCCn1c2ccc(CC)cc2c(=O)c2cc3[nH]c4ccccc4c(=O)c3cc21. The Balaban J connectivity index is 1.98. The number of pyridine rings is 2. The predicted molar refractivity (Wildman–Crippen MR) is 126 cm³/mol. The van der Waals surface area contributed by atoms with Crippen LogP contribution in [0.1, 0.15) is 32.3 Å². The van der Waals surface area contributed by atoms with E-state index in [-0.39, 0.29) is 10.9 Å². The Bertz CT molecular complexity index is 1560. The average molecular weight is 396 g/mol. The average Bonchev–Trinajstić information content (AvgIpc) is 2.78. The van der Waals surface area contributed by atoms with Crippen molar-refractivity contribution in [1.82, 2.24) is 9.55 Å². The number of nitrogens with zero attached hydrogens (tertiary/aromatic N) is 1. The van der Waals surface area contributed by atoms with Crippen LogP contribution in [0.4, 0.5) is 0 Å². The number of hydrogen-bond acceptors (Lipinski definition) is 2. The van der Waals surface area contributed by atoms with Crippen LogP contribution in [0.5, 0.6) is 0 Å². The Morgan fingerprint density at radius 3 is 2.33 bits per heavy atom. The van der Waals surface area contributed by atoms with E-state index in [2.05, 4.69) is 35.5 Å². The van der Waals surface area contributed by atoms with Crippen molar-refractivity contribution in [1.29, 1.82) is 0 Å². The highest BCUT2D eigenvalue weighted by Gasteiger charge is 2.14. The molecule has 5 aromatic rings. The zero-order chi connectivity index (χ0) is 20.8. The first-order valence-electron chi connectivity index (χ1n) is 10.7. The third kappa shape index (κ3) is 2.75. The molecule has 2 aromatic heterocycles. The second-order valence-corrected chi connectivity index (χ2v) is 7.95. The van der Waals surface area contributed by atoms with Crippen LogP contribution in [-0.2, 0) is 13.0 Å². The van der Waals surface area contributed by atoms with Crippen molar-refractivity contribution in [2.24, 2.45) is 0 Å². The molecule has 0 amide bonds. The zero-order valence-electron chi connectivity index (χ0n) is 17.3. The number of unbranched alkanes of at least 4 members (excludes halogenated alkanes) is 1. The van der Waals surface area contributed by atoms with Gasteiger partial charge in [0, 0.05) is 33.6 Å². The summed E-state index contributed by atoms with van der Waals surface area (Å²) in [7, 11) is 0. The van der Waals surface area contributed by atoms with Gasteiger partial charge in [0.1, 0.15) is 0 Å². The molecule has 2 heterocycles. The van der Waals surface area contributed by atoms with Crippen LogP contribution in [0.15, 0.2) is 64.2 Å². The van der Waals surface area contributed by atoms with Gasteiger partial charge in [-0.3, -0.25) is 9.59 Å². The molecule has 0 aliphatic rings. The number of H-pyrrole nitrogens is 1. The maximum absolute atomic E-state index is 13.5. The molecular weight excluding hydrogens is 372 g/mol. The van der Waals surface area contributed by atoms with Gasteiger partial charge < -0.3 is 9.55 Å². The Labute approximate surface area is 173 Å². The normalized spacial score (nSPS) is 11.8. The monoisotopic (exact) mass is 396 g/mol. The molecule has 0 unspecified atom stereocenters. The molecule has 4 nitrogen and oxygen atoms in total. The number of hydrogen-bond donors (Lipinski definition) is 1. The lowest BCUT2D eigenvalue weighted by molar-refractivity contribution is 0.662. The molecule has 0 saturated heterocycles. The number of benzene rings is 3. The maximum Gasteiger partial charge on any atom is 0.197 e. The van der Waals surface area contributed by atoms with Crippen molar-refractivity contribution in [3.8, 4) is 0 Å². The minimum atomic E-state index is -0.00262. The van der Waals surface area contributed by atoms with Gasteiger partial charge in [-0.05, 0) is 54.8 Å². The fourth-order valence-electron chi connectivity index (χ4n) is 4.42. The van der Waals surface area contributed by atoms with Crippen LogP contribution in [-0.4, -0.2) is 9.55 Å². The van der Waals surface area contributed by atoms with Gasteiger partial charge in [-0.15, -0.1) is 0 Å². The number of rotatable bonds is 4. The van der Waals surface area contributed by atoms with Gasteiger partial charge >= 0.3 is 0 Å². The van der Waals surface area contributed by atoms with Crippen molar-refractivity contribution in [3.63, 3.8) is 0 Å². The molecule has 1 N–H and O–H groups in total. The van der Waals surface area contributed by atoms with E-state index in [0.717, 1.165) is 53.3 Å². The number of aromatic amines is 1. The van der Waals surface area contributed by atoms with Gasteiger partial charge in [-0.25, -0.2) is 0 Å². The summed E-state index contributed by atoms with van der Waals surface area (Å²) >= 11 is 0. The first-order chi connectivity index (χ1) is 14.6. The third-order valence-electron chi connectivity index (χ3n) is 6.10. The fourth-order valence-corrected chi connectivity index (χ4v) is 4.42. The summed E-state index contributed by atoms with van der Waals surface area (Å²) in [6.07, 6.45) is 2.95. The van der Waals surface area contributed by atoms with E-state index < -0.39 is 0 Å². The van der Waals surface area contributed by atoms with Gasteiger partial charge in [0.15, 0.2) is 10.9 Å². The molecule has 30 heavy (non-hydrogen) atoms. The second kappa shape index (κ2) is 7.13. The molecule has 4 heteroatoms. The molecule has 0 aliphatic carbocycles. The van der Waals surface area contributed by atoms with Crippen LogP contribution < -0.4 is 10.9 Å². The topological polar surface area (TPSA) is 54.9 Å². The molecule has 0 saturated carbocycles. The number of fused-ring (bicyclic) bond motifs is 4. The van der Waals surface area contributed by atoms with E-state index in [1.54, 1.807) is 0 Å². The van der Waals surface area contributed by atoms with E-state index in [4.69, 9.17) is 0 Å². The van der Waals surface area contributed by atoms with Gasteiger partial charge in [0.25, 0.3) is 0 Å². The molecule has 0 radical (unpaired) electrons. The standard InChI is InChI=1S/C26H24N2O2/c1-3-5-12-28-23-11-10-16(4-2)13-19(23)26(30)20-14-22-18(15-24(20)28)25(29)17-8-6-7-9-21(17)27-22/h6-11,13-15H,3-5,12H2,1-2H3,(H,27,29). The van der Waals surface area contributed by atoms with Gasteiger partial charge in [0.05, 0.1) is 16.6 Å². The van der Waals surface area contributed by atoms with Crippen LogP contribution in [0.25, 0.3) is 43.6 Å². The van der Waals surface area contributed by atoms with Crippen LogP contribution in [0.2, 0.25) is 0 Å². The fraction of sp³-hybridized carbons (Fsp3) is 0.231. The Kier molecular flexibility index (Phi) is 4.43. The third-order valence-corrected chi connectivity index (χ3v) is 6.10. The highest BCUT2D eigenvalue weighted by molar-refractivity contribution is 6.03. The summed E-state index contributed by atoms with van der Waals surface area (Å²) in [5.41, 5.74) is 4.44. The molecule has 0 fully saturated rings.